The van der Waals surface area contributed by atoms with E-state index in [4.69, 9.17) is 0 Å². The molecule has 1 unspecified atom stereocenters. The maximum Gasteiger partial charge on any atom is 0.251 e. The summed E-state index contributed by atoms with van der Waals surface area (Å²) >= 11 is 0. The van der Waals surface area contributed by atoms with Crippen molar-refractivity contribution in [2.45, 2.75) is 26.0 Å². The van der Waals surface area contributed by atoms with Gasteiger partial charge in [0, 0.05) is 18.7 Å². The summed E-state index contributed by atoms with van der Waals surface area (Å²) in [6.07, 6.45) is -0.826. The van der Waals surface area contributed by atoms with Crippen LogP contribution in [0.5, 0.6) is 0 Å². The van der Waals surface area contributed by atoms with Crippen LogP contribution in [0.3, 0.4) is 0 Å². The number of amides is 2. The third kappa shape index (κ3) is 5.21. The summed E-state index contributed by atoms with van der Waals surface area (Å²) in [5.41, 5.74) is 2.11. The summed E-state index contributed by atoms with van der Waals surface area (Å²) in [7, 11) is 0. The Morgan fingerprint density at radius 1 is 1.04 bits per heavy atom. The first-order valence-corrected chi connectivity index (χ1v) is 7.97. The molecular formula is C19H22N2O3. The van der Waals surface area contributed by atoms with Crippen LogP contribution in [0.1, 0.15) is 40.9 Å². The van der Waals surface area contributed by atoms with Crippen LogP contribution in [-0.4, -0.2) is 23.5 Å². The third-order valence-electron chi connectivity index (χ3n) is 3.58. The minimum Gasteiger partial charge on any atom is -0.388 e. The molecule has 0 saturated carbocycles. The van der Waals surface area contributed by atoms with Gasteiger partial charge in [0.05, 0.1) is 12.5 Å². The quantitative estimate of drug-likeness (QED) is 0.730. The molecule has 1 atom stereocenters. The summed E-state index contributed by atoms with van der Waals surface area (Å²) < 4.78 is 0. The number of carbonyl (C=O) groups is 2. The third-order valence-corrected chi connectivity index (χ3v) is 3.58. The van der Waals surface area contributed by atoms with E-state index in [-0.39, 0.29) is 18.2 Å². The predicted octanol–water partition coefficient (Wildman–Crippen LogP) is 2.18. The summed E-state index contributed by atoms with van der Waals surface area (Å²) in [4.78, 5) is 23.8. The molecule has 0 aliphatic carbocycles. The van der Waals surface area contributed by atoms with Crippen molar-refractivity contribution in [1.82, 2.24) is 10.6 Å². The Morgan fingerprint density at radius 3 is 2.50 bits per heavy atom. The summed E-state index contributed by atoms with van der Waals surface area (Å²) in [5, 5.41) is 15.6. The molecule has 2 rings (SSSR count). The molecule has 24 heavy (non-hydrogen) atoms. The van der Waals surface area contributed by atoms with Crippen molar-refractivity contribution in [2.24, 2.45) is 0 Å². The molecule has 0 saturated heterocycles. The number of hydrogen-bond acceptors (Lipinski definition) is 3. The lowest BCUT2D eigenvalue weighted by molar-refractivity contribution is -0.123. The van der Waals surface area contributed by atoms with E-state index in [2.05, 4.69) is 10.6 Å². The maximum absolute atomic E-state index is 12.0. The van der Waals surface area contributed by atoms with Gasteiger partial charge in [-0.25, -0.2) is 0 Å². The Labute approximate surface area is 141 Å². The monoisotopic (exact) mass is 326 g/mol. The molecule has 0 aliphatic rings. The molecule has 0 aliphatic heterocycles. The number of benzene rings is 2. The van der Waals surface area contributed by atoms with Crippen LogP contribution in [0, 0.1) is 0 Å². The van der Waals surface area contributed by atoms with E-state index < -0.39 is 6.10 Å². The standard InChI is InChI=1S/C19H22N2O3/c1-2-20-19(24)16-10-6-7-14(11-16)13-21-18(23)12-17(22)15-8-4-3-5-9-15/h3-11,17,22H,2,12-13H2,1H3,(H,20,24)(H,21,23). The predicted molar refractivity (Wildman–Crippen MR) is 92.3 cm³/mol. The molecule has 3 N–H and O–H groups in total. The van der Waals surface area contributed by atoms with Gasteiger partial charge >= 0.3 is 0 Å². The van der Waals surface area contributed by atoms with Crippen LogP contribution >= 0.6 is 0 Å². The number of aliphatic hydroxyl groups is 1. The molecule has 2 amide bonds. The molecule has 0 fully saturated rings. The second kappa shape index (κ2) is 8.84. The molecule has 2 aromatic carbocycles. The highest BCUT2D eigenvalue weighted by atomic mass is 16.3. The Bertz CT molecular complexity index is 686. The zero-order valence-electron chi connectivity index (χ0n) is 13.7. The zero-order chi connectivity index (χ0) is 17.4. The van der Waals surface area contributed by atoms with E-state index in [1.54, 1.807) is 30.3 Å². The van der Waals surface area contributed by atoms with Crippen LogP contribution in [-0.2, 0) is 11.3 Å². The molecule has 5 heteroatoms. The fraction of sp³-hybridized carbons (Fsp3) is 0.263. The number of carbonyl (C=O) groups excluding carboxylic acids is 2. The number of nitrogens with one attached hydrogen (secondary N) is 2. The van der Waals surface area contributed by atoms with Crippen LogP contribution in [0.15, 0.2) is 54.6 Å². The van der Waals surface area contributed by atoms with E-state index in [0.717, 1.165) is 5.56 Å². The normalized spacial score (nSPS) is 11.6. The number of aliphatic hydroxyl groups excluding tert-OH is 1. The lowest BCUT2D eigenvalue weighted by atomic mass is 10.1. The molecular weight excluding hydrogens is 304 g/mol. The molecule has 2 aromatic rings. The smallest absolute Gasteiger partial charge is 0.251 e. The highest BCUT2D eigenvalue weighted by molar-refractivity contribution is 5.94. The van der Waals surface area contributed by atoms with Crippen molar-refractivity contribution in [3.63, 3.8) is 0 Å². The van der Waals surface area contributed by atoms with E-state index in [1.165, 1.54) is 0 Å². The number of rotatable bonds is 7. The van der Waals surface area contributed by atoms with Crippen LogP contribution in [0.4, 0.5) is 0 Å². The molecule has 0 heterocycles. The maximum atomic E-state index is 12.0. The average Bonchev–Trinajstić information content (AvgIpc) is 2.61. The van der Waals surface area contributed by atoms with Gasteiger partial charge in [-0.3, -0.25) is 9.59 Å². The van der Waals surface area contributed by atoms with Crippen molar-refractivity contribution in [3.05, 3.63) is 71.3 Å². The fourth-order valence-corrected chi connectivity index (χ4v) is 2.33. The first-order valence-electron chi connectivity index (χ1n) is 7.97. The molecule has 0 radical (unpaired) electrons. The van der Waals surface area contributed by atoms with Gasteiger partial charge in [0.25, 0.3) is 5.91 Å². The Balaban J connectivity index is 1.87. The van der Waals surface area contributed by atoms with Gasteiger partial charge in [-0.2, -0.15) is 0 Å². The first-order chi connectivity index (χ1) is 11.6. The van der Waals surface area contributed by atoms with Gasteiger partial charge in [0.15, 0.2) is 0 Å². The number of hydrogen-bond donors (Lipinski definition) is 3. The van der Waals surface area contributed by atoms with Crippen molar-refractivity contribution in [2.75, 3.05) is 6.54 Å². The minimum atomic E-state index is -0.826. The van der Waals surface area contributed by atoms with Crippen molar-refractivity contribution in [3.8, 4) is 0 Å². The Kier molecular flexibility index (Phi) is 6.51. The van der Waals surface area contributed by atoms with Crippen LogP contribution in [0.25, 0.3) is 0 Å². The van der Waals surface area contributed by atoms with Crippen LogP contribution < -0.4 is 10.6 Å². The summed E-state index contributed by atoms with van der Waals surface area (Å²) in [6, 6.07) is 16.2. The molecule has 126 valence electrons. The van der Waals surface area contributed by atoms with E-state index in [9.17, 15) is 14.7 Å². The Hall–Kier alpha value is -2.66. The lowest BCUT2D eigenvalue weighted by Crippen LogP contribution is -2.25. The summed E-state index contributed by atoms with van der Waals surface area (Å²) in [6.45, 7) is 2.74. The second-order valence-electron chi connectivity index (χ2n) is 5.47. The first kappa shape index (κ1) is 17.7. The second-order valence-corrected chi connectivity index (χ2v) is 5.47. The Morgan fingerprint density at radius 2 is 1.79 bits per heavy atom. The molecule has 0 spiro atoms. The largest absolute Gasteiger partial charge is 0.388 e. The average molecular weight is 326 g/mol. The topological polar surface area (TPSA) is 78.4 Å². The minimum absolute atomic E-state index is 0.0000247. The molecule has 0 bridgehead atoms. The van der Waals surface area contributed by atoms with Crippen molar-refractivity contribution >= 4 is 11.8 Å². The van der Waals surface area contributed by atoms with E-state index in [1.807, 2.05) is 31.2 Å². The van der Waals surface area contributed by atoms with E-state index >= 15 is 0 Å². The fourth-order valence-electron chi connectivity index (χ4n) is 2.33. The molecule has 5 nitrogen and oxygen atoms in total. The van der Waals surface area contributed by atoms with Gasteiger partial charge in [-0.15, -0.1) is 0 Å². The highest BCUT2D eigenvalue weighted by Gasteiger charge is 2.12. The van der Waals surface area contributed by atoms with Gasteiger partial charge in [0.1, 0.15) is 0 Å². The van der Waals surface area contributed by atoms with Gasteiger partial charge in [-0.1, -0.05) is 42.5 Å². The lowest BCUT2D eigenvalue weighted by Gasteiger charge is -2.11. The van der Waals surface area contributed by atoms with Crippen LogP contribution in [0.2, 0.25) is 0 Å². The molecule has 0 aromatic heterocycles. The van der Waals surface area contributed by atoms with Crippen molar-refractivity contribution < 1.29 is 14.7 Å². The van der Waals surface area contributed by atoms with Gasteiger partial charge in [-0.05, 0) is 30.2 Å². The van der Waals surface area contributed by atoms with E-state index in [0.29, 0.717) is 24.2 Å². The summed E-state index contributed by atoms with van der Waals surface area (Å²) in [5.74, 6) is -0.375. The van der Waals surface area contributed by atoms with Gasteiger partial charge < -0.3 is 15.7 Å². The SMILES string of the molecule is CCNC(=O)c1cccc(CNC(=O)CC(O)c2ccccc2)c1. The van der Waals surface area contributed by atoms with Gasteiger partial charge in [0.2, 0.25) is 5.91 Å². The highest BCUT2D eigenvalue weighted by Crippen LogP contribution is 2.15. The zero-order valence-corrected chi connectivity index (χ0v) is 13.7. The van der Waals surface area contributed by atoms with Crippen molar-refractivity contribution in [1.29, 1.82) is 0 Å².